The van der Waals surface area contributed by atoms with Crippen molar-refractivity contribution in [3.8, 4) is 5.75 Å². The first-order valence-corrected chi connectivity index (χ1v) is 6.65. The van der Waals surface area contributed by atoms with Gasteiger partial charge in [-0.05, 0) is 18.1 Å². The van der Waals surface area contributed by atoms with E-state index in [-0.39, 0.29) is 11.8 Å². The van der Waals surface area contributed by atoms with Crippen LogP contribution in [0, 0.1) is 5.92 Å². The van der Waals surface area contributed by atoms with Crippen molar-refractivity contribution in [2.45, 2.75) is 13.0 Å². The Hall–Kier alpha value is -2.37. The fraction of sp³-hybridized carbons (Fsp3) is 0.357. The number of hydrogen-bond acceptors (Lipinski definition) is 4. The number of nitrogens with one attached hydrogen (secondary N) is 1. The van der Waals surface area contributed by atoms with Gasteiger partial charge in [-0.2, -0.15) is 0 Å². The number of carbonyl (C=O) groups excluding carboxylic acids is 1. The lowest BCUT2D eigenvalue weighted by Crippen LogP contribution is -2.38. The third-order valence-corrected chi connectivity index (χ3v) is 3.36. The Morgan fingerprint density at radius 3 is 3.20 bits per heavy atom. The van der Waals surface area contributed by atoms with E-state index in [0.717, 1.165) is 17.7 Å². The molecule has 6 nitrogen and oxygen atoms in total. The lowest BCUT2D eigenvalue weighted by Gasteiger charge is -2.24. The second kappa shape index (κ2) is 5.73. The topological polar surface area (TPSA) is 69.0 Å². The van der Waals surface area contributed by atoms with E-state index < -0.39 is 0 Å². The van der Waals surface area contributed by atoms with E-state index in [2.05, 4.69) is 15.6 Å². The number of ether oxygens (including phenoxy) is 1. The van der Waals surface area contributed by atoms with Gasteiger partial charge in [0.1, 0.15) is 12.4 Å². The number of carbonyl (C=O) groups is 1. The van der Waals surface area contributed by atoms with Gasteiger partial charge in [0.05, 0.1) is 18.7 Å². The van der Waals surface area contributed by atoms with Crippen LogP contribution in [0.2, 0.25) is 0 Å². The number of nitrogens with zero attached hydrogens (tertiary/aromatic N) is 3. The van der Waals surface area contributed by atoms with Gasteiger partial charge >= 0.3 is 0 Å². The molecule has 0 bridgehead atoms. The molecule has 1 aliphatic rings. The summed E-state index contributed by atoms with van der Waals surface area (Å²) < 4.78 is 7.31. The van der Waals surface area contributed by atoms with Crippen molar-refractivity contribution in [1.82, 2.24) is 20.3 Å². The van der Waals surface area contributed by atoms with Gasteiger partial charge in [-0.25, -0.2) is 0 Å². The van der Waals surface area contributed by atoms with E-state index in [9.17, 15) is 4.79 Å². The van der Waals surface area contributed by atoms with Crippen LogP contribution in [0.3, 0.4) is 0 Å². The predicted molar refractivity (Wildman–Crippen MR) is 72.2 cm³/mol. The summed E-state index contributed by atoms with van der Waals surface area (Å²) in [5.74, 6) is 0.791. The van der Waals surface area contributed by atoms with Crippen LogP contribution in [-0.2, 0) is 17.8 Å². The molecule has 1 unspecified atom stereocenters. The molecular weight excluding hydrogens is 256 g/mol. The number of aromatic nitrogens is 3. The predicted octanol–water partition coefficient (Wildman–Crippen LogP) is 0.646. The Balaban J connectivity index is 1.51. The minimum Gasteiger partial charge on any atom is -0.492 e. The molecule has 0 saturated carbocycles. The van der Waals surface area contributed by atoms with Crippen LogP contribution in [0.25, 0.3) is 0 Å². The van der Waals surface area contributed by atoms with Gasteiger partial charge in [0.25, 0.3) is 0 Å². The van der Waals surface area contributed by atoms with E-state index >= 15 is 0 Å². The molecule has 1 atom stereocenters. The zero-order valence-corrected chi connectivity index (χ0v) is 11.0. The molecule has 1 aromatic heterocycles. The number of benzene rings is 1. The SMILES string of the molecule is O=C(NCCn1ccnn1)C1COc2ccccc2C1. The van der Waals surface area contributed by atoms with Crippen molar-refractivity contribution in [2.75, 3.05) is 13.2 Å². The molecule has 0 saturated heterocycles. The van der Waals surface area contributed by atoms with Crippen molar-refractivity contribution in [2.24, 2.45) is 5.92 Å². The number of hydrogen-bond donors (Lipinski definition) is 1. The smallest absolute Gasteiger partial charge is 0.226 e. The molecule has 3 rings (SSSR count). The summed E-state index contributed by atoms with van der Waals surface area (Å²) in [6.45, 7) is 1.60. The minimum absolute atomic E-state index is 0.0274. The normalized spacial score (nSPS) is 17.1. The van der Waals surface area contributed by atoms with Crippen LogP contribution in [0.4, 0.5) is 0 Å². The second-order valence-corrected chi connectivity index (χ2v) is 4.78. The van der Waals surface area contributed by atoms with Crippen molar-refractivity contribution in [3.63, 3.8) is 0 Å². The number of fused-ring (bicyclic) bond motifs is 1. The molecule has 20 heavy (non-hydrogen) atoms. The molecule has 2 aromatic rings. The van der Waals surface area contributed by atoms with Crippen LogP contribution in [0.5, 0.6) is 5.75 Å². The zero-order chi connectivity index (χ0) is 13.8. The van der Waals surface area contributed by atoms with Crippen LogP contribution >= 0.6 is 0 Å². The van der Waals surface area contributed by atoms with Crippen LogP contribution < -0.4 is 10.1 Å². The Morgan fingerprint density at radius 2 is 2.35 bits per heavy atom. The highest BCUT2D eigenvalue weighted by Crippen LogP contribution is 2.26. The maximum Gasteiger partial charge on any atom is 0.226 e. The third-order valence-electron chi connectivity index (χ3n) is 3.36. The van der Waals surface area contributed by atoms with E-state index in [1.807, 2.05) is 24.3 Å². The van der Waals surface area contributed by atoms with Gasteiger partial charge in [-0.3, -0.25) is 9.48 Å². The summed E-state index contributed by atoms with van der Waals surface area (Å²) >= 11 is 0. The molecule has 0 radical (unpaired) electrons. The summed E-state index contributed by atoms with van der Waals surface area (Å²) in [6, 6.07) is 7.85. The average molecular weight is 272 g/mol. The van der Waals surface area contributed by atoms with Gasteiger partial charge in [0.15, 0.2) is 0 Å². The standard InChI is InChI=1S/C14H16N4O2/c19-14(15-5-7-18-8-6-16-17-18)12-9-11-3-1-2-4-13(11)20-10-12/h1-4,6,8,12H,5,7,9-10H2,(H,15,19). The minimum atomic E-state index is -0.124. The largest absolute Gasteiger partial charge is 0.492 e. The van der Waals surface area contributed by atoms with Gasteiger partial charge in [0.2, 0.25) is 5.91 Å². The van der Waals surface area contributed by atoms with Gasteiger partial charge in [-0.15, -0.1) is 5.10 Å². The molecule has 0 aliphatic carbocycles. The zero-order valence-electron chi connectivity index (χ0n) is 11.0. The van der Waals surface area contributed by atoms with Gasteiger partial charge in [0, 0.05) is 12.7 Å². The maximum atomic E-state index is 12.1. The lowest BCUT2D eigenvalue weighted by atomic mass is 9.96. The molecule has 1 N–H and O–H groups in total. The first-order valence-electron chi connectivity index (χ1n) is 6.65. The highest BCUT2D eigenvalue weighted by molar-refractivity contribution is 5.79. The Bertz CT molecular complexity index is 583. The summed E-state index contributed by atoms with van der Waals surface area (Å²) in [6.07, 6.45) is 4.12. The number of rotatable bonds is 4. The fourth-order valence-electron chi connectivity index (χ4n) is 2.29. The van der Waals surface area contributed by atoms with Gasteiger partial charge in [-0.1, -0.05) is 23.4 Å². The van der Waals surface area contributed by atoms with Crippen LogP contribution in [0.1, 0.15) is 5.56 Å². The highest BCUT2D eigenvalue weighted by atomic mass is 16.5. The third kappa shape index (κ3) is 2.79. The van der Waals surface area contributed by atoms with Crippen LogP contribution in [-0.4, -0.2) is 34.1 Å². The van der Waals surface area contributed by atoms with E-state index in [0.29, 0.717) is 19.7 Å². The second-order valence-electron chi connectivity index (χ2n) is 4.78. The van der Waals surface area contributed by atoms with Crippen LogP contribution in [0.15, 0.2) is 36.7 Å². The van der Waals surface area contributed by atoms with Crippen molar-refractivity contribution in [1.29, 1.82) is 0 Å². The van der Waals surface area contributed by atoms with E-state index in [1.54, 1.807) is 17.1 Å². The summed E-state index contributed by atoms with van der Waals surface area (Å²) in [7, 11) is 0. The van der Waals surface area contributed by atoms with Gasteiger partial charge < -0.3 is 10.1 Å². The summed E-state index contributed by atoms with van der Waals surface area (Å²) in [5.41, 5.74) is 1.09. The molecule has 2 heterocycles. The molecule has 0 spiro atoms. The quantitative estimate of drug-likeness (QED) is 0.887. The van der Waals surface area contributed by atoms with E-state index in [4.69, 9.17) is 4.74 Å². The van der Waals surface area contributed by atoms with E-state index in [1.165, 1.54) is 0 Å². The molecule has 0 fully saturated rings. The average Bonchev–Trinajstić information content (AvgIpc) is 3.00. The van der Waals surface area contributed by atoms with Crippen molar-refractivity contribution >= 4 is 5.91 Å². The Labute approximate surface area is 116 Å². The fourth-order valence-corrected chi connectivity index (χ4v) is 2.29. The highest BCUT2D eigenvalue weighted by Gasteiger charge is 2.25. The number of para-hydroxylation sites is 1. The first kappa shape index (κ1) is 12.7. The Morgan fingerprint density at radius 1 is 1.45 bits per heavy atom. The lowest BCUT2D eigenvalue weighted by molar-refractivity contribution is -0.126. The molecule has 1 aromatic carbocycles. The molecule has 104 valence electrons. The molecule has 1 amide bonds. The Kier molecular flexibility index (Phi) is 3.62. The molecule has 6 heteroatoms. The summed E-state index contributed by atoms with van der Waals surface area (Å²) in [4.78, 5) is 12.1. The number of amides is 1. The first-order chi connectivity index (χ1) is 9.83. The van der Waals surface area contributed by atoms with Crippen molar-refractivity contribution < 1.29 is 9.53 Å². The monoisotopic (exact) mass is 272 g/mol. The maximum absolute atomic E-state index is 12.1. The summed E-state index contributed by atoms with van der Waals surface area (Å²) in [5, 5.41) is 10.5. The van der Waals surface area contributed by atoms with Crippen molar-refractivity contribution in [3.05, 3.63) is 42.2 Å². The molecular formula is C14H16N4O2. The molecule has 1 aliphatic heterocycles.